The molecule has 45 heavy (non-hydrogen) atoms. The highest BCUT2D eigenvalue weighted by Crippen LogP contribution is 2.22. The zero-order valence-electron chi connectivity index (χ0n) is 26.9. The number of benzene rings is 1. The molecule has 9 heteroatoms. The van der Waals surface area contributed by atoms with E-state index >= 15 is 0 Å². The molecule has 2 aromatic heterocycles. The number of allylic oxidation sites excluding steroid dienone is 2. The van der Waals surface area contributed by atoms with Crippen molar-refractivity contribution in [1.82, 2.24) is 24.8 Å². The SMILES string of the molecule is CCCCCCC=CCCCCCCCCNC(=O)CCCn1cc(Cc2cncnc2)c(=O)nc1SCc1ccc(F)cc1. The number of nitrogens with zero attached hydrogens (tertiary/aromatic N) is 4. The van der Waals surface area contributed by atoms with Crippen molar-refractivity contribution in [3.63, 3.8) is 0 Å². The molecule has 0 saturated carbocycles. The Hall–Kier alpha value is -3.33. The van der Waals surface area contributed by atoms with Crippen LogP contribution in [0.4, 0.5) is 4.39 Å². The van der Waals surface area contributed by atoms with Crippen LogP contribution in [0.25, 0.3) is 0 Å². The Bertz CT molecular complexity index is 1330. The Kier molecular flexibility index (Phi) is 17.8. The van der Waals surface area contributed by atoms with Crippen LogP contribution in [-0.2, 0) is 23.5 Å². The maximum absolute atomic E-state index is 13.3. The van der Waals surface area contributed by atoms with E-state index in [0.717, 1.165) is 24.0 Å². The summed E-state index contributed by atoms with van der Waals surface area (Å²) in [4.78, 5) is 37.8. The molecule has 1 amide bonds. The van der Waals surface area contributed by atoms with Crippen molar-refractivity contribution in [2.24, 2.45) is 0 Å². The van der Waals surface area contributed by atoms with Crippen LogP contribution in [0.15, 0.2) is 71.3 Å². The first-order valence-corrected chi connectivity index (χ1v) is 17.7. The van der Waals surface area contributed by atoms with Gasteiger partial charge in [-0.15, -0.1) is 0 Å². The van der Waals surface area contributed by atoms with E-state index in [9.17, 15) is 14.0 Å². The minimum Gasteiger partial charge on any atom is -0.356 e. The number of hydrogen-bond donors (Lipinski definition) is 1. The van der Waals surface area contributed by atoms with Crippen molar-refractivity contribution < 1.29 is 9.18 Å². The number of amides is 1. The van der Waals surface area contributed by atoms with Gasteiger partial charge in [-0.05, 0) is 61.8 Å². The molecule has 0 atom stereocenters. The largest absolute Gasteiger partial charge is 0.356 e. The summed E-state index contributed by atoms with van der Waals surface area (Å²) in [5.41, 5.74) is 2.02. The number of rotatable bonds is 23. The van der Waals surface area contributed by atoms with Crippen LogP contribution in [0.2, 0.25) is 0 Å². The lowest BCUT2D eigenvalue weighted by Crippen LogP contribution is -2.25. The summed E-state index contributed by atoms with van der Waals surface area (Å²) in [6.07, 6.45) is 27.7. The number of aryl methyl sites for hydroxylation is 1. The predicted molar refractivity (Wildman–Crippen MR) is 182 cm³/mol. The van der Waals surface area contributed by atoms with Gasteiger partial charge in [0, 0.05) is 55.8 Å². The first-order valence-electron chi connectivity index (χ1n) is 16.7. The molecule has 244 valence electrons. The Morgan fingerprint density at radius 1 is 0.889 bits per heavy atom. The maximum Gasteiger partial charge on any atom is 0.277 e. The van der Waals surface area contributed by atoms with Gasteiger partial charge in [-0.25, -0.2) is 14.4 Å². The third-order valence-corrected chi connectivity index (χ3v) is 8.69. The molecule has 2 heterocycles. The van der Waals surface area contributed by atoms with Gasteiger partial charge in [-0.2, -0.15) is 4.98 Å². The minimum atomic E-state index is -0.292. The monoisotopic (exact) mass is 635 g/mol. The van der Waals surface area contributed by atoms with Crippen LogP contribution in [0.5, 0.6) is 0 Å². The van der Waals surface area contributed by atoms with Gasteiger partial charge in [0.15, 0.2) is 5.16 Å². The van der Waals surface area contributed by atoms with Gasteiger partial charge < -0.3 is 9.88 Å². The predicted octanol–water partition coefficient (Wildman–Crippen LogP) is 8.21. The molecule has 0 spiro atoms. The lowest BCUT2D eigenvalue weighted by molar-refractivity contribution is -0.121. The molecule has 0 aliphatic rings. The molecule has 0 saturated heterocycles. The molecule has 0 bridgehead atoms. The third-order valence-electron chi connectivity index (χ3n) is 7.63. The summed E-state index contributed by atoms with van der Waals surface area (Å²) in [7, 11) is 0. The quantitative estimate of drug-likeness (QED) is 0.0489. The highest BCUT2D eigenvalue weighted by molar-refractivity contribution is 7.98. The highest BCUT2D eigenvalue weighted by Gasteiger charge is 2.12. The second kappa shape index (κ2) is 22.2. The van der Waals surface area contributed by atoms with E-state index in [0.29, 0.717) is 48.8 Å². The zero-order valence-corrected chi connectivity index (χ0v) is 27.7. The van der Waals surface area contributed by atoms with Crippen LogP contribution in [0.1, 0.15) is 114 Å². The summed E-state index contributed by atoms with van der Waals surface area (Å²) in [5.74, 6) is 0.316. The lowest BCUT2D eigenvalue weighted by Gasteiger charge is -2.14. The van der Waals surface area contributed by atoms with Crippen molar-refractivity contribution in [2.45, 2.75) is 121 Å². The Labute approximate surface area is 272 Å². The molecular formula is C36H50FN5O2S. The van der Waals surface area contributed by atoms with E-state index in [1.807, 2.05) is 10.8 Å². The van der Waals surface area contributed by atoms with Crippen LogP contribution in [0, 0.1) is 5.82 Å². The summed E-state index contributed by atoms with van der Waals surface area (Å²) >= 11 is 1.43. The molecular weight excluding hydrogens is 585 g/mol. The number of thioether (sulfide) groups is 1. The van der Waals surface area contributed by atoms with Crippen LogP contribution in [-0.4, -0.2) is 32.0 Å². The molecule has 3 aromatic rings. The van der Waals surface area contributed by atoms with E-state index in [1.165, 1.54) is 94.4 Å². The van der Waals surface area contributed by atoms with Crippen molar-refractivity contribution in [2.75, 3.05) is 6.54 Å². The van der Waals surface area contributed by atoms with Gasteiger partial charge in [-0.3, -0.25) is 9.59 Å². The number of carbonyl (C=O) groups excluding carboxylic acids is 1. The van der Waals surface area contributed by atoms with Gasteiger partial charge in [0.1, 0.15) is 12.1 Å². The van der Waals surface area contributed by atoms with Gasteiger partial charge >= 0.3 is 0 Å². The van der Waals surface area contributed by atoms with Crippen molar-refractivity contribution in [3.8, 4) is 0 Å². The van der Waals surface area contributed by atoms with Crippen LogP contribution >= 0.6 is 11.8 Å². The van der Waals surface area contributed by atoms with Gasteiger partial charge in [0.05, 0.1) is 0 Å². The summed E-state index contributed by atoms with van der Waals surface area (Å²) in [6, 6.07) is 6.32. The molecule has 0 aliphatic carbocycles. The van der Waals surface area contributed by atoms with E-state index in [1.54, 1.807) is 24.5 Å². The fourth-order valence-corrected chi connectivity index (χ4v) is 5.98. The second-order valence-corrected chi connectivity index (χ2v) is 12.5. The van der Waals surface area contributed by atoms with Crippen molar-refractivity contribution >= 4 is 17.7 Å². The van der Waals surface area contributed by atoms with Crippen molar-refractivity contribution in [1.29, 1.82) is 0 Å². The smallest absolute Gasteiger partial charge is 0.277 e. The molecule has 7 nitrogen and oxygen atoms in total. The summed E-state index contributed by atoms with van der Waals surface area (Å²) < 4.78 is 15.3. The molecule has 1 aromatic carbocycles. The molecule has 0 radical (unpaired) electrons. The first kappa shape index (κ1) is 36.1. The third kappa shape index (κ3) is 15.5. The zero-order chi connectivity index (χ0) is 32.0. The minimum absolute atomic E-state index is 0.0488. The Morgan fingerprint density at radius 3 is 2.27 bits per heavy atom. The molecule has 0 aliphatic heterocycles. The standard InChI is InChI=1S/C36H50FN5O2S/c1-2-3-4-5-6-7-8-9-10-11-12-13-14-15-22-40-34(43)17-16-23-42-27-32(24-31-25-38-29-39-26-31)35(44)41-36(42)45-28-30-18-20-33(37)21-19-30/h7-8,18-21,25-27,29H,2-6,9-17,22-24,28H2,1H3,(H,40,43). The molecule has 3 rings (SSSR count). The normalized spacial score (nSPS) is 11.3. The highest BCUT2D eigenvalue weighted by atomic mass is 32.2. The molecule has 1 N–H and O–H groups in total. The average molecular weight is 636 g/mol. The molecule has 0 unspecified atom stereocenters. The Balaban J connectivity index is 1.36. The fourth-order valence-electron chi connectivity index (χ4n) is 5.03. The van der Waals surface area contributed by atoms with E-state index in [4.69, 9.17) is 0 Å². The number of halogens is 1. The topological polar surface area (TPSA) is 89.8 Å². The number of nitrogens with one attached hydrogen (secondary N) is 1. The fraction of sp³-hybridized carbons (Fsp3) is 0.528. The average Bonchev–Trinajstić information content (AvgIpc) is 3.04. The van der Waals surface area contributed by atoms with Crippen molar-refractivity contribution in [3.05, 3.63) is 94.2 Å². The number of aromatic nitrogens is 4. The number of hydrogen-bond acceptors (Lipinski definition) is 6. The second-order valence-electron chi connectivity index (χ2n) is 11.6. The first-order chi connectivity index (χ1) is 22.0. The van der Waals surface area contributed by atoms with Crippen LogP contribution in [0.3, 0.4) is 0 Å². The molecule has 0 fully saturated rings. The number of unbranched alkanes of at least 4 members (excludes halogenated alkanes) is 10. The van der Waals surface area contributed by atoms with E-state index in [2.05, 4.69) is 39.3 Å². The maximum atomic E-state index is 13.3. The number of carbonyl (C=O) groups is 1. The van der Waals surface area contributed by atoms with Gasteiger partial charge in [0.2, 0.25) is 5.91 Å². The summed E-state index contributed by atoms with van der Waals surface area (Å²) in [5, 5.41) is 3.64. The van der Waals surface area contributed by atoms with E-state index < -0.39 is 0 Å². The van der Waals surface area contributed by atoms with Crippen LogP contribution < -0.4 is 10.9 Å². The van der Waals surface area contributed by atoms with E-state index in [-0.39, 0.29) is 17.3 Å². The van der Waals surface area contributed by atoms with Gasteiger partial charge in [-0.1, -0.05) is 87.9 Å². The summed E-state index contributed by atoms with van der Waals surface area (Å²) in [6.45, 7) is 3.51. The lowest BCUT2D eigenvalue weighted by atomic mass is 10.1. The van der Waals surface area contributed by atoms with Gasteiger partial charge in [0.25, 0.3) is 5.56 Å². The Morgan fingerprint density at radius 2 is 1.56 bits per heavy atom.